The molecule has 1 atom stereocenters. The normalized spacial score (nSPS) is 16.2. The standard InChI is InChI=1S/C24H21N3O4/c1-26-22-16(5-4-14-10-19-20(11-17(14)22)31-13-30-19)15-6-7-18(28-2)23(29-3)21(15)24(26)27-9-8-25-12-27/h4-12,24H,13H2,1-3H3. The monoisotopic (exact) mass is 415 g/mol. The first-order valence-corrected chi connectivity index (χ1v) is 10.0. The van der Waals surface area contributed by atoms with Crippen LogP contribution in [0.2, 0.25) is 0 Å². The van der Waals surface area contributed by atoms with Crippen LogP contribution in [0.1, 0.15) is 11.7 Å². The van der Waals surface area contributed by atoms with E-state index in [0.717, 1.165) is 50.4 Å². The predicted octanol–water partition coefficient (Wildman–Crippen LogP) is 4.45. The fourth-order valence-electron chi connectivity index (χ4n) is 4.82. The van der Waals surface area contributed by atoms with Crippen molar-refractivity contribution in [2.75, 3.05) is 33.0 Å². The van der Waals surface area contributed by atoms with Crippen molar-refractivity contribution in [2.45, 2.75) is 6.17 Å². The largest absolute Gasteiger partial charge is 0.493 e. The molecule has 6 rings (SSSR count). The number of rotatable bonds is 3. The Morgan fingerprint density at radius 2 is 1.81 bits per heavy atom. The highest BCUT2D eigenvalue weighted by Gasteiger charge is 2.35. The first-order valence-electron chi connectivity index (χ1n) is 10.0. The summed E-state index contributed by atoms with van der Waals surface area (Å²) in [6, 6.07) is 12.5. The number of hydrogen-bond donors (Lipinski definition) is 0. The van der Waals surface area contributed by atoms with Gasteiger partial charge in [0.2, 0.25) is 6.79 Å². The average Bonchev–Trinajstić information content (AvgIpc) is 3.48. The lowest BCUT2D eigenvalue weighted by molar-refractivity contribution is 0.174. The SMILES string of the molecule is COc1ccc2c(c1OC)C(n1ccnc1)N(C)c1c-2ccc2cc3c(cc12)OCO3. The van der Waals surface area contributed by atoms with Crippen molar-refractivity contribution in [1.29, 1.82) is 0 Å². The van der Waals surface area contributed by atoms with E-state index in [-0.39, 0.29) is 13.0 Å². The topological polar surface area (TPSA) is 58.0 Å². The Labute approximate surface area is 179 Å². The van der Waals surface area contributed by atoms with E-state index in [9.17, 15) is 0 Å². The third-order valence-corrected chi connectivity index (χ3v) is 6.14. The Morgan fingerprint density at radius 1 is 1.00 bits per heavy atom. The Bertz CT molecular complexity index is 1320. The van der Waals surface area contributed by atoms with Crippen molar-refractivity contribution in [1.82, 2.24) is 9.55 Å². The van der Waals surface area contributed by atoms with Gasteiger partial charge in [-0.05, 0) is 35.2 Å². The summed E-state index contributed by atoms with van der Waals surface area (Å²) in [5.41, 5.74) is 4.38. The molecule has 2 aliphatic heterocycles. The molecule has 0 bridgehead atoms. The van der Waals surface area contributed by atoms with Crippen molar-refractivity contribution in [3.63, 3.8) is 0 Å². The second-order valence-electron chi connectivity index (χ2n) is 7.65. The second kappa shape index (κ2) is 6.57. The number of methoxy groups -OCH3 is 2. The molecule has 0 amide bonds. The van der Waals surface area contributed by atoms with Crippen molar-refractivity contribution >= 4 is 16.5 Å². The molecule has 0 saturated heterocycles. The van der Waals surface area contributed by atoms with E-state index in [1.165, 1.54) is 0 Å². The highest BCUT2D eigenvalue weighted by atomic mass is 16.7. The molecule has 4 aromatic rings. The van der Waals surface area contributed by atoms with Gasteiger partial charge in [0.1, 0.15) is 6.17 Å². The van der Waals surface area contributed by atoms with Gasteiger partial charge in [0.05, 0.1) is 26.2 Å². The van der Waals surface area contributed by atoms with Crippen LogP contribution in [0.3, 0.4) is 0 Å². The highest BCUT2D eigenvalue weighted by molar-refractivity contribution is 6.05. The molecule has 0 saturated carbocycles. The molecule has 7 heteroatoms. The third kappa shape index (κ3) is 2.43. The molecule has 0 N–H and O–H groups in total. The summed E-state index contributed by atoms with van der Waals surface area (Å²) >= 11 is 0. The Balaban J connectivity index is 1.71. The number of benzene rings is 3. The van der Waals surface area contributed by atoms with Gasteiger partial charge in [-0.15, -0.1) is 0 Å². The van der Waals surface area contributed by atoms with Crippen LogP contribution in [0, 0.1) is 0 Å². The number of hydrogen-bond acceptors (Lipinski definition) is 6. The summed E-state index contributed by atoms with van der Waals surface area (Å²) in [5, 5.41) is 2.21. The highest BCUT2D eigenvalue weighted by Crippen LogP contribution is 2.53. The van der Waals surface area contributed by atoms with Crippen LogP contribution < -0.4 is 23.8 Å². The van der Waals surface area contributed by atoms with Gasteiger partial charge in [0.25, 0.3) is 0 Å². The molecule has 0 fully saturated rings. The van der Waals surface area contributed by atoms with Crippen molar-refractivity contribution in [3.05, 3.63) is 60.7 Å². The van der Waals surface area contributed by atoms with E-state index in [2.05, 4.69) is 45.8 Å². The smallest absolute Gasteiger partial charge is 0.231 e. The van der Waals surface area contributed by atoms with Gasteiger partial charge in [0, 0.05) is 36.0 Å². The second-order valence-corrected chi connectivity index (χ2v) is 7.65. The number of aromatic nitrogens is 2. The first kappa shape index (κ1) is 17.9. The van der Waals surface area contributed by atoms with E-state index in [4.69, 9.17) is 18.9 Å². The quantitative estimate of drug-likeness (QED) is 0.493. The van der Waals surface area contributed by atoms with Gasteiger partial charge in [-0.3, -0.25) is 0 Å². The van der Waals surface area contributed by atoms with Crippen molar-refractivity contribution in [2.24, 2.45) is 0 Å². The summed E-state index contributed by atoms with van der Waals surface area (Å²) in [7, 11) is 5.43. The molecule has 2 aliphatic rings. The molecular formula is C24H21N3O4. The molecule has 0 radical (unpaired) electrons. The molecule has 156 valence electrons. The minimum atomic E-state index is -0.161. The summed E-state index contributed by atoms with van der Waals surface area (Å²) < 4.78 is 24.8. The lowest BCUT2D eigenvalue weighted by Crippen LogP contribution is -2.33. The van der Waals surface area contributed by atoms with E-state index in [0.29, 0.717) is 5.75 Å². The lowest BCUT2D eigenvalue weighted by Gasteiger charge is -2.39. The fraction of sp³-hybridized carbons (Fsp3) is 0.208. The summed E-state index contributed by atoms with van der Waals surface area (Å²) in [4.78, 5) is 6.55. The van der Waals surface area contributed by atoms with Gasteiger partial charge in [-0.2, -0.15) is 0 Å². The predicted molar refractivity (Wildman–Crippen MR) is 117 cm³/mol. The summed E-state index contributed by atoms with van der Waals surface area (Å²) in [6.07, 6.45) is 5.42. The number of imidazole rings is 1. The molecule has 7 nitrogen and oxygen atoms in total. The average molecular weight is 415 g/mol. The molecule has 1 unspecified atom stereocenters. The molecule has 3 aromatic carbocycles. The molecular weight excluding hydrogens is 394 g/mol. The van der Waals surface area contributed by atoms with E-state index < -0.39 is 0 Å². The minimum absolute atomic E-state index is 0.161. The van der Waals surface area contributed by atoms with Crippen LogP contribution >= 0.6 is 0 Å². The van der Waals surface area contributed by atoms with Gasteiger partial charge in [0.15, 0.2) is 23.0 Å². The van der Waals surface area contributed by atoms with Crippen LogP contribution in [-0.2, 0) is 0 Å². The molecule has 0 aliphatic carbocycles. The first-order chi connectivity index (χ1) is 15.2. The molecule has 1 aromatic heterocycles. The summed E-state index contributed by atoms with van der Waals surface area (Å²) in [5.74, 6) is 2.98. The summed E-state index contributed by atoms with van der Waals surface area (Å²) in [6.45, 7) is 0.251. The van der Waals surface area contributed by atoms with Gasteiger partial charge in [-0.25, -0.2) is 4.98 Å². The maximum absolute atomic E-state index is 5.85. The van der Waals surface area contributed by atoms with Gasteiger partial charge >= 0.3 is 0 Å². The van der Waals surface area contributed by atoms with E-state index in [1.807, 2.05) is 24.7 Å². The van der Waals surface area contributed by atoms with Crippen LogP contribution in [0.15, 0.2) is 55.1 Å². The molecule has 31 heavy (non-hydrogen) atoms. The Kier molecular flexibility index (Phi) is 3.80. The van der Waals surface area contributed by atoms with Crippen LogP contribution in [-0.4, -0.2) is 37.6 Å². The van der Waals surface area contributed by atoms with Crippen LogP contribution in [0.5, 0.6) is 23.0 Å². The lowest BCUT2D eigenvalue weighted by atomic mass is 9.88. The van der Waals surface area contributed by atoms with E-state index in [1.54, 1.807) is 20.4 Å². The van der Waals surface area contributed by atoms with E-state index >= 15 is 0 Å². The third-order valence-electron chi connectivity index (χ3n) is 6.14. The van der Waals surface area contributed by atoms with Crippen LogP contribution in [0.4, 0.5) is 5.69 Å². The number of ether oxygens (including phenoxy) is 4. The molecule has 3 heterocycles. The fourth-order valence-corrected chi connectivity index (χ4v) is 4.82. The number of nitrogens with zero attached hydrogens (tertiary/aromatic N) is 3. The Hall–Kier alpha value is -3.87. The van der Waals surface area contributed by atoms with Gasteiger partial charge in [-0.1, -0.05) is 12.1 Å². The molecule has 0 spiro atoms. The minimum Gasteiger partial charge on any atom is -0.493 e. The van der Waals surface area contributed by atoms with Crippen LogP contribution in [0.25, 0.3) is 21.9 Å². The zero-order valence-electron chi connectivity index (χ0n) is 17.5. The van der Waals surface area contributed by atoms with Gasteiger partial charge < -0.3 is 28.4 Å². The number of anilines is 1. The Morgan fingerprint density at radius 3 is 2.55 bits per heavy atom. The maximum Gasteiger partial charge on any atom is 0.231 e. The van der Waals surface area contributed by atoms with Crippen molar-refractivity contribution < 1.29 is 18.9 Å². The maximum atomic E-state index is 5.85. The zero-order valence-corrected chi connectivity index (χ0v) is 17.5. The van der Waals surface area contributed by atoms with Crippen molar-refractivity contribution in [3.8, 4) is 34.1 Å². The zero-order chi connectivity index (χ0) is 21.1. The number of fused-ring (bicyclic) bond motifs is 6.